The number of hydrogen-bond donors (Lipinski definition) is 3. The summed E-state index contributed by atoms with van der Waals surface area (Å²) in [7, 11) is 0. The maximum absolute atomic E-state index is 4.67. The average Bonchev–Trinajstić information content (AvgIpc) is 3.64. The third-order valence-electron chi connectivity index (χ3n) is 7.78. The Balaban J connectivity index is 1.33. The van der Waals surface area contributed by atoms with Crippen molar-refractivity contribution < 1.29 is 0 Å². The van der Waals surface area contributed by atoms with Crippen molar-refractivity contribution in [2.75, 3.05) is 0 Å². The Hall–Kier alpha value is -4.78. The Labute approximate surface area is 233 Å². The molecule has 7 nitrogen and oxygen atoms in total. The molecule has 1 fully saturated rings. The topological polar surface area (TPSA) is 95.2 Å². The van der Waals surface area contributed by atoms with Crippen molar-refractivity contribution in [3.63, 3.8) is 0 Å². The van der Waals surface area contributed by atoms with Gasteiger partial charge in [0.05, 0.1) is 23.1 Å². The molecule has 7 heteroatoms. The third kappa shape index (κ3) is 4.98. The van der Waals surface area contributed by atoms with E-state index in [1.54, 1.807) is 6.20 Å². The molecule has 6 rings (SSSR count). The summed E-state index contributed by atoms with van der Waals surface area (Å²) in [5.74, 6) is 0.517. The van der Waals surface area contributed by atoms with E-state index in [4.69, 9.17) is 0 Å². The van der Waals surface area contributed by atoms with Gasteiger partial charge in [0.25, 0.3) is 0 Å². The number of hydrogen-bond acceptors (Lipinski definition) is 5. The number of aromatic amines is 2. The van der Waals surface area contributed by atoms with Gasteiger partial charge in [0.2, 0.25) is 0 Å². The van der Waals surface area contributed by atoms with Crippen molar-refractivity contribution in [1.82, 2.24) is 35.5 Å². The molecule has 5 heterocycles. The quantitative estimate of drug-likeness (QED) is 0.180. The lowest BCUT2D eigenvalue weighted by Gasteiger charge is -2.25. The molecule has 0 saturated heterocycles. The van der Waals surface area contributed by atoms with E-state index in [2.05, 4.69) is 72.9 Å². The van der Waals surface area contributed by atoms with E-state index in [-0.39, 0.29) is 0 Å². The summed E-state index contributed by atoms with van der Waals surface area (Å²) in [4.78, 5) is 16.9. The van der Waals surface area contributed by atoms with E-state index in [1.165, 1.54) is 32.1 Å². The zero-order chi connectivity index (χ0) is 27.5. The van der Waals surface area contributed by atoms with Crippen molar-refractivity contribution in [2.24, 2.45) is 5.92 Å². The minimum Gasteiger partial charge on any atom is -0.359 e. The van der Waals surface area contributed by atoms with E-state index in [1.807, 2.05) is 49.9 Å². The van der Waals surface area contributed by atoms with Gasteiger partial charge in [-0.25, -0.2) is 4.98 Å². The van der Waals surface area contributed by atoms with Crippen molar-refractivity contribution >= 4 is 27.5 Å². The highest BCUT2D eigenvalue weighted by atomic mass is 15.2. The molecule has 0 aliphatic heterocycles. The van der Waals surface area contributed by atoms with Gasteiger partial charge < -0.3 is 10.3 Å². The number of fused-ring (bicyclic) bond motifs is 2. The van der Waals surface area contributed by atoms with E-state index in [0.29, 0.717) is 11.6 Å². The summed E-state index contributed by atoms with van der Waals surface area (Å²) in [6.07, 6.45) is 21.5. The summed E-state index contributed by atoms with van der Waals surface area (Å²) in [5, 5.41) is 13.2. The molecular formula is C33H33N7. The molecule has 1 aliphatic rings. The summed E-state index contributed by atoms with van der Waals surface area (Å²) in [6, 6.07) is 8.24. The molecule has 200 valence electrons. The molecule has 1 aliphatic carbocycles. The van der Waals surface area contributed by atoms with E-state index in [9.17, 15) is 0 Å². The summed E-state index contributed by atoms with van der Waals surface area (Å²) < 4.78 is 0. The number of nitrogens with one attached hydrogen (secondary N) is 3. The fraction of sp³-hybridized carbons (Fsp3) is 0.212. The van der Waals surface area contributed by atoms with E-state index < -0.39 is 0 Å². The Morgan fingerprint density at radius 2 is 1.93 bits per heavy atom. The van der Waals surface area contributed by atoms with E-state index >= 15 is 0 Å². The molecule has 0 unspecified atom stereocenters. The van der Waals surface area contributed by atoms with Gasteiger partial charge >= 0.3 is 0 Å². The molecule has 1 saturated carbocycles. The second-order valence-corrected chi connectivity index (χ2v) is 10.3. The monoisotopic (exact) mass is 527 g/mol. The molecule has 0 radical (unpaired) electrons. The predicted molar refractivity (Wildman–Crippen MR) is 163 cm³/mol. The number of aromatic nitrogens is 6. The molecule has 5 aromatic heterocycles. The van der Waals surface area contributed by atoms with Crippen LogP contribution in [0.15, 0.2) is 98.0 Å². The maximum atomic E-state index is 4.67. The smallest absolute Gasteiger partial charge is 0.181 e. The van der Waals surface area contributed by atoms with Crippen LogP contribution in [0.4, 0.5) is 0 Å². The number of allylic oxidation sites excluding steroid dienone is 5. The molecule has 3 N–H and O–H groups in total. The van der Waals surface area contributed by atoms with Gasteiger partial charge in [-0.15, -0.1) is 0 Å². The largest absolute Gasteiger partial charge is 0.359 e. The summed E-state index contributed by atoms with van der Waals surface area (Å²) in [5.41, 5.74) is 9.50. The van der Waals surface area contributed by atoms with Crippen LogP contribution in [0.3, 0.4) is 0 Å². The molecule has 0 aromatic carbocycles. The maximum Gasteiger partial charge on any atom is 0.181 e. The van der Waals surface area contributed by atoms with Crippen LogP contribution in [0.1, 0.15) is 44.6 Å². The number of H-pyrrole nitrogens is 2. The first-order valence-electron chi connectivity index (χ1n) is 13.8. The lowest BCUT2D eigenvalue weighted by Crippen LogP contribution is -2.20. The molecule has 5 aromatic rings. The van der Waals surface area contributed by atoms with Crippen LogP contribution >= 0.6 is 0 Å². The van der Waals surface area contributed by atoms with Crippen molar-refractivity contribution in [3.05, 3.63) is 104 Å². The van der Waals surface area contributed by atoms with Crippen LogP contribution in [-0.4, -0.2) is 30.1 Å². The van der Waals surface area contributed by atoms with Gasteiger partial charge in [-0.1, -0.05) is 44.6 Å². The van der Waals surface area contributed by atoms with Gasteiger partial charge in [0.15, 0.2) is 5.65 Å². The highest BCUT2D eigenvalue weighted by Crippen LogP contribution is 2.34. The first kappa shape index (κ1) is 25.5. The van der Waals surface area contributed by atoms with Gasteiger partial charge in [0, 0.05) is 63.6 Å². The Morgan fingerprint density at radius 3 is 2.70 bits per heavy atom. The molecule has 0 bridgehead atoms. The van der Waals surface area contributed by atoms with Crippen molar-refractivity contribution in [3.8, 4) is 22.5 Å². The fourth-order valence-corrected chi connectivity index (χ4v) is 5.59. The molecule has 0 amide bonds. The fourth-order valence-electron chi connectivity index (χ4n) is 5.59. The van der Waals surface area contributed by atoms with Crippen LogP contribution < -0.4 is 5.32 Å². The number of pyridine rings is 3. The normalized spacial score (nSPS) is 15.0. The molecular weight excluding hydrogens is 494 g/mol. The van der Waals surface area contributed by atoms with Crippen LogP contribution in [0, 0.1) is 5.92 Å². The zero-order valence-electron chi connectivity index (χ0n) is 22.7. The lowest BCUT2D eigenvalue weighted by atomic mass is 9.87. The average molecular weight is 528 g/mol. The first-order valence-corrected chi connectivity index (χ1v) is 13.8. The highest BCUT2D eigenvalue weighted by Gasteiger charge is 2.18. The Bertz CT molecular complexity index is 1750. The predicted octanol–water partition coefficient (Wildman–Crippen LogP) is 7.72. The van der Waals surface area contributed by atoms with Crippen molar-refractivity contribution in [1.29, 1.82) is 0 Å². The Morgan fingerprint density at radius 1 is 1.05 bits per heavy atom. The SMILES string of the molecule is C=C/C(=C\C(=C/C)c1cnc2n[nH]c(-c3cc4c(-c5cccnc5)cncc4[nH]3)c2c1)NC(=C)C1CCCCC1. The van der Waals surface area contributed by atoms with Crippen LogP contribution in [0.25, 0.3) is 50.0 Å². The zero-order valence-corrected chi connectivity index (χ0v) is 22.7. The van der Waals surface area contributed by atoms with Gasteiger partial charge in [-0.2, -0.15) is 5.10 Å². The van der Waals surface area contributed by atoms with Crippen LogP contribution in [-0.2, 0) is 0 Å². The standard InChI is InChI=1S/C33H33N7/c1-4-22(14-26(5-2)37-21(3)23-10-7-6-8-11-23)25-15-28-32(39-40-33(28)36-18-25)30-16-27-29(19-35-20-31(27)38-30)24-12-9-13-34-17-24/h4-5,9,12-20,23,37-38H,2-3,6-8,10-11H2,1H3,(H,36,39,40)/b22-4+,26-14+. The van der Waals surface area contributed by atoms with Crippen molar-refractivity contribution in [2.45, 2.75) is 39.0 Å². The van der Waals surface area contributed by atoms with Gasteiger partial charge in [-0.3, -0.25) is 15.1 Å². The minimum absolute atomic E-state index is 0.517. The molecule has 0 atom stereocenters. The molecule has 0 spiro atoms. The molecule has 40 heavy (non-hydrogen) atoms. The van der Waals surface area contributed by atoms with Crippen LogP contribution in [0.2, 0.25) is 0 Å². The van der Waals surface area contributed by atoms with Crippen LogP contribution in [0.5, 0.6) is 0 Å². The summed E-state index contributed by atoms with van der Waals surface area (Å²) >= 11 is 0. The Kier molecular flexibility index (Phi) is 7.10. The number of rotatable bonds is 8. The third-order valence-corrected chi connectivity index (χ3v) is 7.78. The highest BCUT2D eigenvalue weighted by molar-refractivity contribution is 6.00. The second kappa shape index (κ2) is 11.1. The second-order valence-electron chi connectivity index (χ2n) is 10.3. The van der Waals surface area contributed by atoms with Gasteiger partial charge in [-0.05, 0) is 61.6 Å². The van der Waals surface area contributed by atoms with E-state index in [0.717, 1.165) is 61.3 Å². The summed E-state index contributed by atoms with van der Waals surface area (Å²) in [6.45, 7) is 10.4. The van der Waals surface area contributed by atoms with Gasteiger partial charge in [0.1, 0.15) is 0 Å². The minimum atomic E-state index is 0.517. The lowest BCUT2D eigenvalue weighted by molar-refractivity contribution is 0.393. The number of nitrogens with zero attached hydrogens (tertiary/aromatic N) is 4. The first-order chi connectivity index (χ1) is 19.6.